The number of aliphatic hydroxyl groups is 1. The summed E-state index contributed by atoms with van der Waals surface area (Å²) in [6, 6.07) is 0. The fourth-order valence-corrected chi connectivity index (χ4v) is 4.33. The molecule has 8 heteroatoms. The number of rotatable bonds is 7. The minimum absolute atomic E-state index is 0.194. The molecule has 0 aromatic heterocycles. The van der Waals surface area contributed by atoms with Gasteiger partial charge in [-0.05, 0) is 34.1 Å². The number of aliphatic hydroxyl groups excluding tert-OH is 1. The first-order chi connectivity index (χ1) is 9.80. The highest BCUT2D eigenvalue weighted by Gasteiger charge is 2.54. The lowest BCUT2D eigenvalue weighted by molar-refractivity contribution is -0.214. The quantitative estimate of drug-likeness (QED) is 0.716. The molecule has 2 saturated heterocycles. The predicted molar refractivity (Wildman–Crippen MR) is 75.0 cm³/mol. The van der Waals surface area contributed by atoms with Gasteiger partial charge in [-0.15, -0.1) is 0 Å². The first kappa shape index (κ1) is 17.3. The fourth-order valence-electron chi connectivity index (χ4n) is 2.64. The molecule has 2 rings (SSSR count). The summed E-state index contributed by atoms with van der Waals surface area (Å²) in [4.78, 5) is 0. The molecule has 0 aromatic rings. The number of fused-ring (bicyclic) bond motifs is 1. The smallest absolute Gasteiger partial charge is 0.330 e. The summed E-state index contributed by atoms with van der Waals surface area (Å²) in [5.41, 5.74) is 0. The Morgan fingerprint density at radius 2 is 1.81 bits per heavy atom. The van der Waals surface area contributed by atoms with E-state index in [0.29, 0.717) is 19.6 Å². The van der Waals surface area contributed by atoms with Gasteiger partial charge in [0, 0.05) is 0 Å². The second kappa shape index (κ2) is 6.62. The third-order valence-electron chi connectivity index (χ3n) is 3.45. The van der Waals surface area contributed by atoms with Crippen molar-refractivity contribution in [1.82, 2.24) is 0 Å². The first-order valence-corrected chi connectivity index (χ1v) is 9.10. The minimum atomic E-state index is -3.13. The second-order valence-corrected chi connectivity index (χ2v) is 7.78. The van der Waals surface area contributed by atoms with Crippen molar-refractivity contribution in [1.29, 1.82) is 0 Å². The second-order valence-electron chi connectivity index (χ2n) is 5.59. The van der Waals surface area contributed by atoms with Crippen LogP contribution in [0.25, 0.3) is 0 Å². The zero-order chi connectivity index (χ0) is 15.7. The van der Waals surface area contributed by atoms with E-state index in [9.17, 15) is 9.67 Å². The Balaban J connectivity index is 1.89. The van der Waals surface area contributed by atoms with Gasteiger partial charge in [0.25, 0.3) is 0 Å². The molecule has 0 aromatic carbocycles. The van der Waals surface area contributed by atoms with Crippen LogP contribution >= 0.6 is 7.60 Å². The summed E-state index contributed by atoms with van der Waals surface area (Å²) in [5.74, 6) is -0.757. The molecule has 2 aliphatic heterocycles. The Labute approximate surface area is 125 Å². The maximum atomic E-state index is 12.4. The molecule has 0 aliphatic carbocycles. The number of hydrogen-bond donors (Lipinski definition) is 1. The average molecular weight is 324 g/mol. The minimum Gasteiger partial charge on any atom is -0.387 e. The summed E-state index contributed by atoms with van der Waals surface area (Å²) in [6.07, 6.45) is -1.85. The Hall–Kier alpha value is -0.0100. The molecule has 0 saturated carbocycles. The van der Waals surface area contributed by atoms with E-state index in [1.165, 1.54) is 0 Å². The fraction of sp³-hybridized carbons (Fsp3) is 1.00. The summed E-state index contributed by atoms with van der Waals surface area (Å²) < 4.78 is 39.7. The third-order valence-corrected chi connectivity index (χ3v) is 5.56. The molecule has 1 N–H and O–H groups in total. The topological polar surface area (TPSA) is 83.5 Å². The lowest BCUT2D eigenvalue weighted by Gasteiger charge is -2.24. The number of hydrogen-bond acceptors (Lipinski definition) is 7. The van der Waals surface area contributed by atoms with Crippen LogP contribution in [0.15, 0.2) is 0 Å². The van der Waals surface area contributed by atoms with Gasteiger partial charge in [-0.1, -0.05) is 0 Å². The largest absolute Gasteiger partial charge is 0.387 e. The van der Waals surface area contributed by atoms with Crippen molar-refractivity contribution in [3.8, 4) is 0 Å². The van der Waals surface area contributed by atoms with Gasteiger partial charge in [0.05, 0.1) is 25.5 Å². The van der Waals surface area contributed by atoms with Gasteiger partial charge in [0.2, 0.25) is 0 Å². The van der Waals surface area contributed by atoms with Crippen molar-refractivity contribution in [2.24, 2.45) is 0 Å². The third kappa shape index (κ3) is 4.05. The van der Waals surface area contributed by atoms with Gasteiger partial charge in [-0.3, -0.25) is 4.57 Å². The van der Waals surface area contributed by atoms with Crippen LogP contribution in [0.3, 0.4) is 0 Å². The van der Waals surface area contributed by atoms with E-state index in [4.69, 9.17) is 23.3 Å². The molecule has 2 heterocycles. The first-order valence-electron chi connectivity index (χ1n) is 7.37. The Morgan fingerprint density at radius 3 is 2.33 bits per heavy atom. The zero-order valence-corrected chi connectivity index (χ0v) is 13.9. The van der Waals surface area contributed by atoms with Crippen molar-refractivity contribution in [3.63, 3.8) is 0 Å². The molecule has 21 heavy (non-hydrogen) atoms. The molecule has 4 atom stereocenters. The van der Waals surface area contributed by atoms with Crippen LogP contribution in [0.1, 0.15) is 34.1 Å². The van der Waals surface area contributed by atoms with Crippen LogP contribution in [-0.2, 0) is 27.8 Å². The number of ether oxygens (including phenoxy) is 3. The molecule has 2 aliphatic rings. The zero-order valence-electron chi connectivity index (χ0n) is 13.0. The van der Waals surface area contributed by atoms with Gasteiger partial charge >= 0.3 is 7.60 Å². The lowest BCUT2D eigenvalue weighted by atomic mass is 10.1. The van der Waals surface area contributed by atoms with Crippen molar-refractivity contribution < 1.29 is 32.9 Å². The van der Waals surface area contributed by atoms with E-state index < -0.39 is 38.0 Å². The molecule has 0 spiro atoms. The van der Waals surface area contributed by atoms with Crippen LogP contribution in [0.5, 0.6) is 0 Å². The Morgan fingerprint density at radius 1 is 1.19 bits per heavy atom. The molecule has 7 nitrogen and oxygen atoms in total. The Bertz CT molecular complexity index is 390. The summed E-state index contributed by atoms with van der Waals surface area (Å²) in [6.45, 7) is 7.71. The normalized spacial score (nSPS) is 35.1. The Kier molecular flexibility index (Phi) is 5.47. The van der Waals surface area contributed by atoms with Crippen molar-refractivity contribution in [2.45, 2.75) is 64.5 Å². The summed E-state index contributed by atoms with van der Waals surface area (Å²) >= 11 is 0. The maximum absolute atomic E-state index is 12.4. The molecule has 2 fully saturated rings. The van der Waals surface area contributed by atoms with Crippen LogP contribution in [0.2, 0.25) is 0 Å². The van der Waals surface area contributed by atoms with Gasteiger partial charge in [0.1, 0.15) is 12.2 Å². The van der Waals surface area contributed by atoms with Crippen LogP contribution in [0, 0.1) is 0 Å². The van der Waals surface area contributed by atoms with Gasteiger partial charge in [-0.25, -0.2) is 0 Å². The standard InChI is InChI=1S/C13H25O7P/c1-5-16-21(15,17-6-2)8-7-9-10(14)11-12(18-9)20-13(3,4)19-11/h9-12,14H,5-8H2,1-4H3/t9-,10-,11-,12-/m1/s1. The van der Waals surface area contributed by atoms with E-state index in [1.54, 1.807) is 27.7 Å². The highest BCUT2D eigenvalue weighted by molar-refractivity contribution is 7.53. The molecule has 124 valence electrons. The highest BCUT2D eigenvalue weighted by Crippen LogP contribution is 2.49. The van der Waals surface area contributed by atoms with Crippen LogP contribution < -0.4 is 0 Å². The van der Waals surface area contributed by atoms with Crippen molar-refractivity contribution in [3.05, 3.63) is 0 Å². The average Bonchev–Trinajstić information content (AvgIpc) is 2.82. The molecule has 0 unspecified atom stereocenters. The molecule has 0 radical (unpaired) electrons. The van der Waals surface area contributed by atoms with Gasteiger partial charge in [-0.2, -0.15) is 0 Å². The predicted octanol–water partition coefficient (Wildman–Crippen LogP) is 1.88. The molecular weight excluding hydrogens is 299 g/mol. The summed E-state index contributed by atoms with van der Waals surface area (Å²) in [7, 11) is -3.13. The monoisotopic (exact) mass is 324 g/mol. The van der Waals surface area contributed by atoms with E-state index in [0.717, 1.165) is 0 Å². The van der Waals surface area contributed by atoms with Crippen molar-refractivity contribution >= 4 is 7.60 Å². The van der Waals surface area contributed by atoms with Crippen molar-refractivity contribution in [2.75, 3.05) is 19.4 Å². The summed E-state index contributed by atoms with van der Waals surface area (Å²) in [5, 5.41) is 10.2. The van der Waals surface area contributed by atoms with E-state index >= 15 is 0 Å². The SMILES string of the molecule is CCOP(=O)(CC[C@H]1O[C@@H]2OC(C)(C)O[C@@H]2[C@@H]1O)OCC. The van der Waals surface area contributed by atoms with Crippen LogP contribution in [-0.4, -0.2) is 54.9 Å². The van der Waals surface area contributed by atoms with Gasteiger partial charge in [0.15, 0.2) is 12.1 Å². The lowest BCUT2D eigenvalue weighted by Crippen LogP contribution is -2.34. The van der Waals surface area contributed by atoms with E-state index in [-0.39, 0.29) is 6.16 Å². The molecular formula is C13H25O7P. The maximum Gasteiger partial charge on any atom is 0.330 e. The van der Waals surface area contributed by atoms with Crippen LogP contribution in [0.4, 0.5) is 0 Å². The molecule has 0 bridgehead atoms. The van der Waals surface area contributed by atoms with E-state index in [1.807, 2.05) is 0 Å². The highest BCUT2D eigenvalue weighted by atomic mass is 31.2. The van der Waals surface area contributed by atoms with Gasteiger partial charge < -0.3 is 28.4 Å². The molecule has 0 amide bonds. The van der Waals surface area contributed by atoms with E-state index in [2.05, 4.69) is 0 Å².